The number of halogens is 3. The van der Waals surface area contributed by atoms with Crippen molar-refractivity contribution in [3.05, 3.63) is 33.8 Å². The van der Waals surface area contributed by atoms with E-state index in [1.165, 1.54) is 12.1 Å². The molecule has 0 radical (unpaired) electrons. The zero-order valence-corrected chi connectivity index (χ0v) is 13.1. The molecule has 1 aliphatic rings. The summed E-state index contributed by atoms with van der Waals surface area (Å²) in [4.78, 5) is 0. The highest BCUT2D eigenvalue weighted by molar-refractivity contribution is 9.10. The van der Waals surface area contributed by atoms with E-state index in [-0.39, 0.29) is 28.3 Å². The van der Waals surface area contributed by atoms with Gasteiger partial charge >= 0.3 is 0 Å². The molecule has 1 saturated heterocycles. The van der Waals surface area contributed by atoms with Crippen molar-refractivity contribution in [2.24, 2.45) is 0 Å². The maximum atomic E-state index is 13.7. The van der Waals surface area contributed by atoms with Crippen molar-refractivity contribution in [3.63, 3.8) is 0 Å². The Kier molecular flexibility index (Phi) is 5.12. The second-order valence-electron chi connectivity index (χ2n) is 5.47. The molecule has 20 heavy (non-hydrogen) atoms. The fraction of sp³-hybridized carbons (Fsp3) is 0.571. The van der Waals surface area contributed by atoms with Gasteiger partial charge < -0.3 is 14.8 Å². The summed E-state index contributed by atoms with van der Waals surface area (Å²) in [5, 5.41) is 3.25. The largest absolute Gasteiger partial charge is 0.374 e. The van der Waals surface area contributed by atoms with E-state index in [0.717, 1.165) is 6.54 Å². The Hall–Kier alpha value is -0.560. The molecule has 0 aliphatic carbocycles. The Morgan fingerprint density at radius 3 is 2.90 bits per heavy atom. The van der Waals surface area contributed by atoms with Crippen molar-refractivity contribution < 1.29 is 18.3 Å². The van der Waals surface area contributed by atoms with E-state index < -0.39 is 11.6 Å². The first-order valence-corrected chi connectivity index (χ1v) is 7.27. The van der Waals surface area contributed by atoms with Gasteiger partial charge in [0.25, 0.3) is 0 Å². The molecule has 0 spiro atoms. The molecule has 0 bridgehead atoms. The molecule has 1 aromatic carbocycles. The van der Waals surface area contributed by atoms with E-state index in [4.69, 9.17) is 9.47 Å². The summed E-state index contributed by atoms with van der Waals surface area (Å²) >= 11 is 3.03. The fourth-order valence-electron chi connectivity index (χ4n) is 2.16. The van der Waals surface area contributed by atoms with Crippen LogP contribution in [0.15, 0.2) is 16.6 Å². The third-order valence-electron chi connectivity index (χ3n) is 3.10. The fourth-order valence-corrected chi connectivity index (χ4v) is 2.53. The first-order valence-electron chi connectivity index (χ1n) is 6.48. The lowest BCUT2D eigenvalue weighted by Gasteiger charge is -2.36. The SMILES string of the molecule is CC1(C)CNCC(COCc2c(F)ccc(Br)c2F)O1. The van der Waals surface area contributed by atoms with E-state index in [9.17, 15) is 8.78 Å². The molecule has 0 saturated carbocycles. The average molecular weight is 350 g/mol. The number of rotatable bonds is 4. The molecule has 0 amide bonds. The van der Waals surface area contributed by atoms with Crippen LogP contribution in [0.5, 0.6) is 0 Å². The normalized spacial score (nSPS) is 21.9. The highest BCUT2D eigenvalue weighted by atomic mass is 79.9. The molecule has 1 unspecified atom stereocenters. The zero-order valence-electron chi connectivity index (χ0n) is 11.5. The molecule has 0 aromatic heterocycles. The van der Waals surface area contributed by atoms with Crippen molar-refractivity contribution in [2.45, 2.75) is 32.2 Å². The molecule has 1 fully saturated rings. The van der Waals surface area contributed by atoms with Gasteiger partial charge in [0.1, 0.15) is 11.6 Å². The van der Waals surface area contributed by atoms with Crippen LogP contribution in [0.25, 0.3) is 0 Å². The van der Waals surface area contributed by atoms with Crippen molar-refractivity contribution in [1.82, 2.24) is 5.32 Å². The van der Waals surface area contributed by atoms with Crippen LogP contribution in [0.1, 0.15) is 19.4 Å². The lowest BCUT2D eigenvalue weighted by atomic mass is 10.1. The quantitative estimate of drug-likeness (QED) is 0.847. The minimum atomic E-state index is -0.618. The summed E-state index contributed by atoms with van der Waals surface area (Å²) < 4.78 is 38.7. The summed E-state index contributed by atoms with van der Waals surface area (Å²) in [5.74, 6) is -1.22. The van der Waals surface area contributed by atoms with E-state index in [2.05, 4.69) is 21.2 Å². The Morgan fingerprint density at radius 1 is 1.45 bits per heavy atom. The van der Waals surface area contributed by atoms with Crippen LogP contribution in [-0.4, -0.2) is 31.4 Å². The average Bonchev–Trinajstić information content (AvgIpc) is 2.37. The van der Waals surface area contributed by atoms with Gasteiger partial charge in [0.15, 0.2) is 0 Å². The van der Waals surface area contributed by atoms with Crippen LogP contribution >= 0.6 is 15.9 Å². The molecular formula is C14H18BrF2NO2. The molecule has 6 heteroatoms. The second kappa shape index (κ2) is 6.47. The minimum absolute atomic E-state index is 0.0672. The number of morpholine rings is 1. The molecule has 112 valence electrons. The third kappa shape index (κ3) is 3.97. The van der Waals surface area contributed by atoms with Crippen LogP contribution in [-0.2, 0) is 16.1 Å². The first kappa shape index (κ1) is 15.8. The van der Waals surface area contributed by atoms with Gasteiger partial charge in [-0.25, -0.2) is 8.78 Å². The van der Waals surface area contributed by atoms with Crippen LogP contribution < -0.4 is 5.32 Å². The van der Waals surface area contributed by atoms with Crippen molar-refractivity contribution >= 4 is 15.9 Å². The molecule has 1 heterocycles. The second-order valence-corrected chi connectivity index (χ2v) is 6.32. The standard InChI is InChI=1S/C14H18BrF2NO2/c1-14(2)8-18-5-9(20-14)6-19-7-10-12(16)4-3-11(15)13(10)17/h3-4,9,18H,5-8H2,1-2H3. The first-order chi connectivity index (χ1) is 9.39. The Balaban J connectivity index is 1.89. The minimum Gasteiger partial charge on any atom is -0.374 e. The number of nitrogens with one attached hydrogen (secondary N) is 1. The van der Waals surface area contributed by atoms with E-state index in [0.29, 0.717) is 13.2 Å². The monoisotopic (exact) mass is 349 g/mol. The summed E-state index contributed by atoms with van der Waals surface area (Å²) in [6.07, 6.45) is -0.114. The van der Waals surface area contributed by atoms with Gasteiger partial charge in [-0.15, -0.1) is 0 Å². The summed E-state index contributed by atoms with van der Waals surface area (Å²) in [7, 11) is 0. The van der Waals surface area contributed by atoms with Crippen LogP contribution in [0.2, 0.25) is 0 Å². The van der Waals surface area contributed by atoms with Crippen molar-refractivity contribution in [2.75, 3.05) is 19.7 Å². The van der Waals surface area contributed by atoms with Gasteiger partial charge in [-0.2, -0.15) is 0 Å². The number of hydrogen-bond donors (Lipinski definition) is 1. The Labute approximate surface area is 125 Å². The molecule has 1 atom stereocenters. The van der Waals surface area contributed by atoms with E-state index in [1.807, 2.05) is 13.8 Å². The van der Waals surface area contributed by atoms with Gasteiger partial charge in [0.2, 0.25) is 0 Å². The predicted octanol–water partition coefficient (Wildman–Crippen LogP) is 3.01. The van der Waals surface area contributed by atoms with Gasteiger partial charge in [-0.3, -0.25) is 0 Å². The highest BCUT2D eigenvalue weighted by Gasteiger charge is 2.28. The number of hydrogen-bond acceptors (Lipinski definition) is 3. The lowest BCUT2D eigenvalue weighted by molar-refractivity contribution is -0.122. The molecule has 2 rings (SSSR count). The molecule has 1 N–H and O–H groups in total. The predicted molar refractivity (Wildman–Crippen MR) is 75.5 cm³/mol. The van der Waals surface area contributed by atoms with Crippen molar-refractivity contribution in [1.29, 1.82) is 0 Å². The number of benzene rings is 1. The van der Waals surface area contributed by atoms with E-state index >= 15 is 0 Å². The topological polar surface area (TPSA) is 30.5 Å². The van der Waals surface area contributed by atoms with Crippen LogP contribution in [0.3, 0.4) is 0 Å². The molecule has 1 aromatic rings. The Bertz CT molecular complexity index is 482. The Morgan fingerprint density at radius 2 is 2.20 bits per heavy atom. The molecule has 1 aliphatic heterocycles. The van der Waals surface area contributed by atoms with Gasteiger partial charge in [0.05, 0.1) is 35.0 Å². The zero-order chi connectivity index (χ0) is 14.8. The smallest absolute Gasteiger partial charge is 0.145 e. The van der Waals surface area contributed by atoms with Gasteiger partial charge in [-0.1, -0.05) is 0 Å². The maximum Gasteiger partial charge on any atom is 0.145 e. The highest BCUT2D eigenvalue weighted by Crippen LogP contribution is 2.22. The van der Waals surface area contributed by atoms with Gasteiger partial charge in [0, 0.05) is 13.1 Å². The summed E-state index contributed by atoms with van der Waals surface area (Å²) in [6.45, 7) is 5.60. The lowest BCUT2D eigenvalue weighted by Crippen LogP contribution is -2.51. The van der Waals surface area contributed by atoms with Crippen molar-refractivity contribution in [3.8, 4) is 0 Å². The number of ether oxygens (including phenoxy) is 2. The third-order valence-corrected chi connectivity index (χ3v) is 3.71. The van der Waals surface area contributed by atoms with E-state index in [1.54, 1.807) is 0 Å². The molecular weight excluding hydrogens is 332 g/mol. The van der Waals surface area contributed by atoms with Gasteiger partial charge in [-0.05, 0) is 41.9 Å². The van der Waals surface area contributed by atoms with Crippen LogP contribution in [0, 0.1) is 11.6 Å². The summed E-state index contributed by atoms with van der Waals surface area (Å²) in [5.41, 5.74) is -0.319. The summed E-state index contributed by atoms with van der Waals surface area (Å²) in [6, 6.07) is 2.55. The molecule has 3 nitrogen and oxygen atoms in total. The van der Waals surface area contributed by atoms with Crippen LogP contribution in [0.4, 0.5) is 8.78 Å². The maximum absolute atomic E-state index is 13.7.